The summed E-state index contributed by atoms with van der Waals surface area (Å²) in [6, 6.07) is 9.78. The second-order valence-corrected chi connectivity index (χ2v) is 4.78. The molecule has 6 nitrogen and oxygen atoms in total. The van der Waals surface area contributed by atoms with Crippen molar-refractivity contribution in [3.8, 4) is 0 Å². The van der Waals surface area contributed by atoms with Crippen molar-refractivity contribution in [1.82, 2.24) is 4.98 Å². The Bertz CT molecular complexity index is 819. The summed E-state index contributed by atoms with van der Waals surface area (Å²) in [4.78, 5) is 27.7. The van der Waals surface area contributed by atoms with Gasteiger partial charge in [-0.15, -0.1) is 0 Å². The Morgan fingerprint density at radius 1 is 1.22 bits per heavy atom. The molecule has 0 spiro atoms. The number of aromatic nitrogens is 1. The van der Waals surface area contributed by atoms with E-state index in [0.29, 0.717) is 23.4 Å². The van der Waals surface area contributed by atoms with Gasteiger partial charge in [-0.2, -0.15) is 0 Å². The van der Waals surface area contributed by atoms with E-state index in [2.05, 4.69) is 10.3 Å². The number of hydrogen-bond acceptors (Lipinski definition) is 5. The Kier molecular flexibility index (Phi) is 4.05. The van der Waals surface area contributed by atoms with E-state index in [4.69, 9.17) is 9.15 Å². The number of hydrogen-bond donors (Lipinski definition) is 1. The van der Waals surface area contributed by atoms with Crippen molar-refractivity contribution in [1.29, 1.82) is 0 Å². The molecule has 0 aliphatic carbocycles. The Morgan fingerprint density at radius 3 is 2.70 bits per heavy atom. The lowest BCUT2D eigenvalue weighted by Gasteiger charge is -2.05. The number of pyridine rings is 1. The van der Waals surface area contributed by atoms with Crippen molar-refractivity contribution in [3.05, 3.63) is 60.1 Å². The second kappa shape index (κ2) is 6.31. The van der Waals surface area contributed by atoms with Crippen LogP contribution in [0.1, 0.15) is 27.8 Å². The molecule has 3 rings (SSSR count). The minimum atomic E-state index is -0.393. The predicted molar refractivity (Wildman–Crippen MR) is 84.4 cm³/mol. The van der Waals surface area contributed by atoms with Gasteiger partial charge in [0.2, 0.25) is 0 Å². The van der Waals surface area contributed by atoms with Gasteiger partial charge in [0.15, 0.2) is 5.76 Å². The molecule has 2 aromatic heterocycles. The van der Waals surface area contributed by atoms with E-state index >= 15 is 0 Å². The first-order valence-electron chi connectivity index (χ1n) is 7.09. The first-order valence-corrected chi connectivity index (χ1v) is 7.09. The van der Waals surface area contributed by atoms with E-state index in [1.54, 1.807) is 55.7 Å². The monoisotopic (exact) mass is 310 g/mol. The molecule has 0 aliphatic heterocycles. The maximum absolute atomic E-state index is 12.2. The zero-order valence-electron chi connectivity index (χ0n) is 12.4. The van der Waals surface area contributed by atoms with Crippen LogP contribution >= 0.6 is 0 Å². The molecule has 0 saturated carbocycles. The lowest BCUT2D eigenvalue weighted by atomic mass is 10.2. The van der Waals surface area contributed by atoms with Crippen LogP contribution in [0.15, 0.2) is 53.2 Å². The van der Waals surface area contributed by atoms with Gasteiger partial charge < -0.3 is 14.5 Å². The number of nitrogens with zero attached hydrogens (tertiary/aromatic N) is 1. The summed E-state index contributed by atoms with van der Waals surface area (Å²) >= 11 is 0. The highest BCUT2D eigenvalue weighted by Crippen LogP contribution is 2.19. The number of amides is 1. The lowest BCUT2D eigenvalue weighted by molar-refractivity contribution is 0.0526. The van der Waals surface area contributed by atoms with E-state index in [9.17, 15) is 9.59 Å². The van der Waals surface area contributed by atoms with Gasteiger partial charge in [0.25, 0.3) is 5.91 Å². The SMILES string of the molecule is CCOC(=O)c1ccc(NC(=O)c2cc3cnccc3o2)cc1. The van der Waals surface area contributed by atoms with Gasteiger partial charge in [-0.3, -0.25) is 9.78 Å². The second-order valence-electron chi connectivity index (χ2n) is 4.78. The highest BCUT2D eigenvalue weighted by atomic mass is 16.5. The number of esters is 1. The summed E-state index contributed by atoms with van der Waals surface area (Å²) in [6.45, 7) is 2.06. The Hall–Kier alpha value is -3.15. The molecule has 0 aliphatic rings. The number of benzene rings is 1. The summed E-state index contributed by atoms with van der Waals surface area (Å²) in [6.07, 6.45) is 3.23. The number of nitrogens with one attached hydrogen (secondary N) is 1. The number of carbonyl (C=O) groups is 2. The zero-order chi connectivity index (χ0) is 16.2. The smallest absolute Gasteiger partial charge is 0.338 e. The molecule has 0 saturated heterocycles. The molecule has 0 unspecified atom stereocenters. The molecule has 0 fully saturated rings. The number of fused-ring (bicyclic) bond motifs is 1. The molecule has 0 atom stereocenters. The highest BCUT2D eigenvalue weighted by molar-refractivity contribution is 6.04. The average Bonchev–Trinajstić information content (AvgIpc) is 3.00. The van der Waals surface area contributed by atoms with Gasteiger partial charge in [-0.1, -0.05) is 0 Å². The van der Waals surface area contributed by atoms with Crippen molar-refractivity contribution >= 4 is 28.5 Å². The summed E-state index contributed by atoms with van der Waals surface area (Å²) in [5, 5.41) is 3.47. The number of furan rings is 1. The van der Waals surface area contributed by atoms with Crippen LogP contribution < -0.4 is 5.32 Å². The Balaban J connectivity index is 1.73. The fraction of sp³-hybridized carbons (Fsp3) is 0.118. The van der Waals surface area contributed by atoms with Gasteiger partial charge in [0.1, 0.15) is 5.58 Å². The summed E-state index contributed by atoms with van der Waals surface area (Å²) in [5.41, 5.74) is 1.59. The minimum absolute atomic E-state index is 0.197. The van der Waals surface area contributed by atoms with Crippen LogP contribution in [0.2, 0.25) is 0 Å². The molecule has 116 valence electrons. The van der Waals surface area contributed by atoms with Gasteiger partial charge in [0.05, 0.1) is 12.2 Å². The van der Waals surface area contributed by atoms with Crippen molar-refractivity contribution in [3.63, 3.8) is 0 Å². The number of anilines is 1. The van der Waals surface area contributed by atoms with Gasteiger partial charge >= 0.3 is 5.97 Å². The summed E-state index contributed by atoms with van der Waals surface area (Å²) in [7, 11) is 0. The van der Waals surface area contributed by atoms with Crippen molar-refractivity contribution in [2.45, 2.75) is 6.92 Å². The third-order valence-electron chi connectivity index (χ3n) is 3.19. The van der Waals surface area contributed by atoms with Gasteiger partial charge in [-0.05, 0) is 43.3 Å². The standard InChI is InChI=1S/C17H14N2O4/c1-2-22-17(21)11-3-5-13(6-4-11)19-16(20)15-9-12-10-18-8-7-14(12)23-15/h3-10H,2H2,1H3,(H,19,20). The number of ether oxygens (including phenoxy) is 1. The molecular weight excluding hydrogens is 296 g/mol. The highest BCUT2D eigenvalue weighted by Gasteiger charge is 2.13. The van der Waals surface area contributed by atoms with E-state index in [1.807, 2.05) is 0 Å². The maximum atomic E-state index is 12.2. The molecular formula is C17H14N2O4. The average molecular weight is 310 g/mol. The molecule has 2 heterocycles. The van der Waals surface area contributed by atoms with E-state index in [1.165, 1.54) is 0 Å². The van der Waals surface area contributed by atoms with E-state index in [0.717, 1.165) is 5.39 Å². The molecule has 23 heavy (non-hydrogen) atoms. The number of rotatable bonds is 4. The van der Waals surface area contributed by atoms with Crippen LogP contribution in [0.25, 0.3) is 11.0 Å². The molecule has 1 N–H and O–H groups in total. The van der Waals surface area contributed by atoms with Crippen LogP contribution in [0.4, 0.5) is 5.69 Å². The molecule has 3 aromatic rings. The summed E-state index contributed by atoms with van der Waals surface area (Å²) < 4.78 is 10.4. The van der Waals surface area contributed by atoms with Crippen molar-refractivity contribution in [2.24, 2.45) is 0 Å². The number of carbonyl (C=O) groups excluding carboxylic acids is 2. The van der Waals surface area contributed by atoms with Gasteiger partial charge in [-0.25, -0.2) is 4.79 Å². The lowest BCUT2D eigenvalue weighted by Crippen LogP contribution is -2.11. The molecule has 0 bridgehead atoms. The molecule has 0 radical (unpaired) electrons. The zero-order valence-corrected chi connectivity index (χ0v) is 12.4. The van der Waals surface area contributed by atoms with E-state index in [-0.39, 0.29) is 11.7 Å². The molecule has 1 amide bonds. The quantitative estimate of drug-likeness (QED) is 0.748. The maximum Gasteiger partial charge on any atom is 0.338 e. The van der Waals surface area contributed by atoms with Crippen molar-refractivity contribution < 1.29 is 18.7 Å². The van der Waals surface area contributed by atoms with Crippen LogP contribution in [-0.4, -0.2) is 23.5 Å². The third-order valence-corrected chi connectivity index (χ3v) is 3.19. The fourth-order valence-electron chi connectivity index (χ4n) is 2.09. The van der Waals surface area contributed by atoms with Crippen molar-refractivity contribution in [2.75, 3.05) is 11.9 Å². The first-order chi connectivity index (χ1) is 11.2. The van der Waals surface area contributed by atoms with Gasteiger partial charge in [0, 0.05) is 23.5 Å². The third kappa shape index (κ3) is 3.21. The predicted octanol–water partition coefficient (Wildman–Crippen LogP) is 3.26. The van der Waals surface area contributed by atoms with Crippen LogP contribution in [0.3, 0.4) is 0 Å². The Morgan fingerprint density at radius 2 is 2.00 bits per heavy atom. The Labute approximate surface area is 132 Å². The molecule has 6 heteroatoms. The largest absolute Gasteiger partial charge is 0.462 e. The van der Waals surface area contributed by atoms with Crippen LogP contribution in [-0.2, 0) is 4.74 Å². The molecule has 1 aromatic carbocycles. The summed E-state index contributed by atoms with van der Waals surface area (Å²) in [5.74, 6) is -0.567. The van der Waals surface area contributed by atoms with E-state index < -0.39 is 5.97 Å². The minimum Gasteiger partial charge on any atom is -0.462 e. The van der Waals surface area contributed by atoms with Crippen LogP contribution in [0, 0.1) is 0 Å². The topological polar surface area (TPSA) is 81.4 Å². The van der Waals surface area contributed by atoms with Crippen LogP contribution in [0.5, 0.6) is 0 Å². The first kappa shape index (κ1) is 14.8. The fourth-order valence-corrected chi connectivity index (χ4v) is 2.09. The normalized spacial score (nSPS) is 10.5.